The Hall–Kier alpha value is -4.99. The third-order valence-electron chi connectivity index (χ3n) is 7.43. The van der Waals surface area contributed by atoms with E-state index in [1.807, 2.05) is 31.2 Å². The van der Waals surface area contributed by atoms with Gasteiger partial charge < -0.3 is 15.7 Å². The lowest BCUT2D eigenvalue weighted by Gasteiger charge is -2.25. The van der Waals surface area contributed by atoms with Gasteiger partial charge in [-0.2, -0.15) is 0 Å². The van der Waals surface area contributed by atoms with E-state index in [0.29, 0.717) is 35.5 Å². The SMILES string of the molecule is CCCCN1C(=O)c2ccc(NC(=O)N(Cc3ccc(C(=O)NCCC(=O)O)cc3)c3ccc(C(C)(C)C)cc3)cc2C1=O. The smallest absolute Gasteiger partial charge is 0.326 e. The van der Waals surface area contributed by atoms with Crippen molar-refractivity contribution in [3.8, 4) is 0 Å². The highest BCUT2D eigenvalue weighted by Crippen LogP contribution is 2.29. The van der Waals surface area contributed by atoms with Gasteiger partial charge in [0.05, 0.1) is 24.1 Å². The monoisotopic (exact) mass is 598 g/mol. The number of nitrogens with one attached hydrogen (secondary N) is 2. The zero-order chi connectivity index (χ0) is 32.0. The Morgan fingerprint density at radius 1 is 0.886 bits per heavy atom. The van der Waals surface area contributed by atoms with Crippen molar-refractivity contribution in [3.05, 3.63) is 94.5 Å². The lowest BCUT2D eigenvalue weighted by molar-refractivity contribution is -0.136. The number of hydrogen-bond donors (Lipinski definition) is 3. The molecule has 3 N–H and O–H groups in total. The molecular weight excluding hydrogens is 560 g/mol. The fourth-order valence-corrected chi connectivity index (χ4v) is 4.83. The van der Waals surface area contributed by atoms with Crippen LogP contribution in [0.3, 0.4) is 0 Å². The number of carbonyl (C=O) groups excluding carboxylic acids is 4. The number of urea groups is 1. The van der Waals surface area contributed by atoms with Crippen LogP contribution in [-0.2, 0) is 16.8 Å². The van der Waals surface area contributed by atoms with Gasteiger partial charge in [0.2, 0.25) is 0 Å². The molecule has 230 valence electrons. The van der Waals surface area contributed by atoms with Gasteiger partial charge in [-0.1, -0.05) is 58.4 Å². The number of carbonyl (C=O) groups is 5. The summed E-state index contributed by atoms with van der Waals surface area (Å²) in [6.07, 6.45) is 1.39. The first kappa shape index (κ1) is 31.9. The summed E-state index contributed by atoms with van der Waals surface area (Å²) in [5.74, 6) is -2.07. The van der Waals surface area contributed by atoms with E-state index >= 15 is 0 Å². The molecule has 0 atom stereocenters. The summed E-state index contributed by atoms with van der Waals surface area (Å²) in [5.41, 5.74) is 3.77. The Bertz CT molecular complexity index is 1560. The van der Waals surface area contributed by atoms with E-state index in [1.54, 1.807) is 41.3 Å². The number of amides is 5. The van der Waals surface area contributed by atoms with E-state index < -0.39 is 12.0 Å². The maximum absolute atomic E-state index is 13.7. The van der Waals surface area contributed by atoms with Gasteiger partial charge >= 0.3 is 12.0 Å². The highest BCUT2D eigenvalue weighted by atomic mass is 16.4. The zero-order valence-electron chi connectivity index (χ0n) is 25.5. The second-order valence-corrected chi connectivity index (χ2v) is 11.8. The predicted octanol–water partition coefficient (Wildman–Crippen LogP) is 5.82. The summed E-state index contributed by atoms with van der Waals surface area (Å²) in [4.78, 5) is 65.3. The molecule has 10 heteroatoms. The number of hydrogen-bond acceptors (Lipinski definition) is 5. The highest BCUT2D eigenvalue weighted by molar-refractivity contribution is 6.22. The Morgan fingerprint density at radius 3 is 2.16 bits per heavy atom. The van der Waals surface area contributed by atoms with E-state index in [9.17, 15) is 24.0 Å². The normalized spacial score (nSPS) is 12.6. The molecule has 0 saturated carbocycles. The molecule has 1 aliphatic rings. The number of rotatable bonds is 11. The van der Waals surface area contributed by atoms with Crippen molar-refractivity contribution < 1.29 is 29.1 Å². The van der Waals surface area contributed by atoms with Crippen molar-refractivity contribution >= 4 is 41.1 Å². The summed E-state index contributed by atoms with van der Waals surface area (Å²) in [6.45, 7) is 8.86. The molecule has 3 aromatic rings. The first-order chi connectivity index (χ1) is 20.9. The molecule has 44 heavy (non-hydrogen) atoms. The van der Waals surface area contributed by atoms with Crippen molar-refractivity contribution in [1.29, 1.82) is 0 Å². The molecule has 0 unspecified atom stereocenters. The van der Waals surface area contributed by atoms with E-state index in [1.165, 1.54) is 11.0 Å². The molecule has 0 fully saturated rings. The van der Waals surface area contributed by atoms with E-state index in [2.05, 4.69) is 31.4 Å². The summed E-state index contributed by atoms with van der Waals surface area (Å²) in [7, 11) is 0. The molecule has 1 aliphatic heterocycles. The van der Waals surface area contributed by atoms with Crippen molar-refractivity contribution in [1.82, 2.24) is 10.2 Å². The summed E-state index contributed by atoms with van der Waals surface area (Å²) >= 11 is 0. The number of nitrogens with zero attached hydrogens (tertiary/aromatic N) is 2. The number of carboxylic acid groups (broad SMARTS) is 1. The third kappa shape index (κ3) is 7.50. The molecule has 0 aromatic heterocycles. The molecular formula is C34H38N4O6. The number of carboxylic acids is 1. The van der Waals surface area contributed by atoms with Crippen LogP contribution in [0.5, 0.6) is 0 Å². The highest BCUT2D eigenvalue weighted by Gasteiger charge is 2.35. The second-order valence-electron chi connectivity index (χ2n) is 11.8. The summed E-state index contributed by atoms with van der Waals surface area (Å²) < 4.78 is 0. The van der Waals surface area contributed by atoms with Crippen LogP contribution in [0.1, 0.15) is 89.2 Å². The van der Waals surface area contributed by atoms with Gasteiger partial charge in [0.1, 0.15) is 0 Å². The largest absolute Gasteiger partial charge is 0.481 e. The van der Waals surface area contributed by atoms with Crippen molar-refractivity contribution in [2.45, 2.75) is 58.9 Å². The molecule has 0 radical (unpaired) electrons. The Morgan fingerprint density at radius 2 is 1.55 bits per heavy atom. The number of fused-ring (bicyclic) bond motifs is 1. The molecule has 4 rings (SSSR count). The second kappa shape index (κ2) is 13.5. The van der Waals surface area contributed by atoms with Crippen LogP contribution >= 0.6 is 0 Å². The minimum absolute atomic E-state index is 0.0215. The van der Waals surface area contributed by atoms with Gasteiger partial charge in [0.25, 0.3) is 17.7 Å². The minimum atomic E-state index is -0.997. The van der Waals surface area contributed by atoms with Crippen LogP contribution in [-0.4, -0.2) is 52.8 Å². The Labute approximate surface area is 257 Å². The lowest BCUT2D eigenvalue weighted by atomic mass is 9.87. The number of benzene rings is 3. The van der Waals surface area contributed by atoms with Gasteiger partial charge in [0, 0.05) is 30.0 Å². The molecule has 0 aliphatic carbocycles. The van der Waals surface area contributed by atoms with E-state index in [0.717, 1.165) is 17.5 Å². The first-order valence-electron chi connectivity index (χ1n) is 14.7. The van der Waals surface area contributed by atoms with Gasteiger partial charge in [-0.05, 0) is 65.4 Å². The van der Waals surface area contributed by atoms with Gasteiger partial charge in [-0.25, -0.2) is 4.79 Å². The number of imide groups is 1. The predicted molar refractivity (Wildman–Crippen MR) is 168 cm³/mol. The van der Waals surface area contributed by atoms with Gasteiger partial charge in [-0.3, -0.25) is 29.0 Å². The average molecular weight is 599 g/mol. The topological polar surface area (TPSA) is 136 Å². The van der Waals surface area contributed by atoms with Gasteiger partial charge in [0.15, 0.2) is 0 Å². The van der Waals surface area contributed by atoms with Crippen LogP contribution in [0.15, 0.2) is 66.7 Å². The fourth-order valence-electron chi connectivity index (χ4n) is 4.83. The lowest BCUT2D eigenvalue weighted by Crippen LogP contribution is -2.34. The van der Waals surface area contributed by atoms with Crippen molar-refractivity contribution in [2.75, 3.05) is 23.3 Å². The molecule has 1 heterocycles. The molecule has 0 saturated heterocycles. The minimum Gasteiger partial charge on any atom is -0.481 e. The third-order valence-corrected chi connectivity index (χ3v) is 7.43. The quantitative estimate of drug-likeness (QED) is 0.238. The average Bonchev–Trinajstić information content (AvgIpc) is 3.22. The van der Waals surface area contributed by atoms with Crippen LogP contribution in [0, 0.1) is 0 Å². The molecule has 5 amide bonds. The van der Waals surface area contributed by atoms with E-state index in [4.69, 9.17) is 5.11 Å². The number of anilines is 2. The van der Waals surface area contributed by atoms with Gasteiger partial charge in [-0.15, -0.1) is 0 Å². The first-order valence-corrected chi connectivity index (χ1v) is 14.7. The van der Waals surface area contributed by atoms with Crippen LogP contribution in [0.4, 0.5) is 16.2 Å². The van der Waals surface area contributed by atoms with Crippen molar-refractivity contribution in [2.24, 2.45) is 0 Å². The maximum atomic E-state index is 13.7. The molecule has 0 spiro atoms. The molecule has 10 nitrogen and oxygen atoms in total. The van der Waals surface area contributed by atoms with Crippen LogP contribution in [0.25, 0.3) is 0 Å². The summed E-state index contributed by atoms with van der Waals surface area (Å²) in [6, 6.07) is 18.7. The molecule has 0 bridgehead atoms. The fraction of sp³-hybridized carbons (Fsp3) is 0.324. The number of aliphatic carboxylic acids is 1. The Balaban J connectivity index is 1.56. The zero-order valence-corrected chi connectivity index (χ0v) is 25.5. The van der Waals surface area contributed by atoms with E-state index in [-0.39, 0.29) is 48.2 Å². The maximum Gasteiger partial charge on any atom is 0.326 e. The molecule has 3 aromatic carbocycles. The Kier molecular flexibility index (Phi) is 9.83. The van der Waals surface area contributed by atoms with Crippen molar-refractivity contribution in [3.63, 3.8) is 0 Å². The standard InChI is InChI=1S/C34H38N4O6/c1-5-6-19-37-31(42)27-16-13-25(20-28(27)32(37)43)36-33(44)38(26-14-11-24(12-15-26)34(2,3)4)21-22-7-9-23(10-8-22)30(41)35-18-17-29(39)40/h7-16,20H,5-6,17-19,21H2,1-4H3,(H,35,41)(H,36,44)(H,39,40). The summed E-state index contributed by atoms with van der Waals surface area (Å²) in [5, 5.41) is 14.2. The number of unbranched alkanes of at least 4 members (excludes halogenated alkanes) is 1. The van der Waals surface area contributed by atoms with Crippen LogP contribution < -0.4 is 15.5 Å². The van der Waals surface area contributed by atoms with Crippen LogP contribution in [0.2, 0.25) is 0 Å².